The van der Waals surface area contributed by atoms with E-state index >= 15 is 0 Å². The summed E-state index contributed by atoms with van der Waals surface area (Å²) in [5.41, 5.74) is 0. The fourth-order valence-electron chi connectivity index (χ4n) is 0. The van der Waals surface area contributed by atoms with Crippen LogP contribution in [-0.2, 0) is 72.2 Å². The molecule has 0 aliphatic rings. The molecule has 0 bridgehead atoms. The third-order valence-corrected chi connectivity index (χ3v) is 0.500. The van der Waals surface area contributed by atoms with E-state index in [1.807, 2.05) is 0 Å². The van der Waals surface area contributed by atoms with Gasteiger partial charge in [-0.05, 0) is 0 Å². The molecule has 0 aliphatic carbocycles. The Balaban J connectivity index is -0.0000000351. The second-order valence-electron chi connectivity index (χ2n) is 2.30. The maximum Gasteiger partial charge on any atom is 4.00 e. The number of hydrogen-bond acceptors (Lipinski definition) is 12. The Morgan fingerprint density at radius 1 is 0.500 bits per heavy atom. The summed E-state index contributed by atoms with van der Waals surface area (Å²) in [6.07, 6.45) is 3.00. The Morgan fingerprint density at radius 3 is 0.538 bits per heavy atom. The molecule has 0 spiro atoms. The minimum atomic E-state index is -2.19. The summed E-state index contributed by atoms with van der Waals surface area (Å²) in [6, 6.07) is 0. The molecule has 0 saturated heterocycles. The number of hydrogen-bond donors (Lipinski definition) is 0. The zero-order valence-corrected chi connectivity index (χ0v) is 16.0. The normalized spacial score (nSPS) is 6.00. The van der Waals surface area contributed by atoms with E-state index in [2.05, 4.69) is 27.0 Å². The van der Waals surface area contributed by atoms with Gasteiger partial charge in [-0.2, -0.15) is 0 Å². The molecule has 0 fully saturated rings. The third-order valence-electron chi connectivity index (χ3n) is 0.500. The Morgan fingerprint density at radius 2 is 0.538 bits per heavy atom. The minimum absolute atomic E-state index is 0. The zero-order chi connectivity index (χ0) is 20.9. The molecule has 0 atom stereocenters. The van der Waals surface area contributed by atoms with Crippen LogP contribution in [0.3, 0.4) is 0 Å². The van der Waals surface area contributed by atoms with E-state index in [9.17, 15) is 0 Å². The van der Waals surface area contributed by atoms with Gasteiger partial charge in [0.2, 0.25) is 0 Å². The Kier molecular flexibility index (Phi) is 57.0. The molecule has 0 aromatic rings. The van der Waals surface area contributed by atoms with Crippen molar-refractivity contribution in [2.24, 2.45) is 0 Å². The van der Waals surface area contributed by atoms with Gasteiger partial charge in [-0.3, -0.25) is 0 Å². The summed E-state index contributed by atoms with van der Waals surface area (Å²) in [7, 11) is 0. The summed E-state index contributed by atoms with van der Waals surface area (Å²) in [5, 5.41) is 53.6. The summed E-state index contributed by atoms with van der Waals surface area (Å²) < 4.78 is 0. The first-order chi connectivity index (χ1) is 10.8. The number of aliphatic carboxylic acids is 6. The molecule has 0 aromatic carbocycles. The molecule has 0 rings (SSSR count). The summed E-state index contributed by atoms with van der Waals surface area (Å²) in [4.78, 5) is 53.6. The maximum absolute atomic E-state index is 8.93. The standard InChI is InChI=1S/2C3H5.3C2H2O4.2Ti/c2*1-3-2;3*3-1(4)2(5)6;;/h2*3H,1-2H2;3*(H,3,4)(H,5,6);;/q2*-1;;;;2*+4/p-6. The predicted octanol–water partition coefficient (Wildman–Crippen LogP) is -8.53. The summed E-state index contributed by atoms with van der Waals surface area (Å²) in [5.74, 6) is -13.1. The van der Waals surface area contributed by atoms with Gasteiger partial charge in [0, 0.05) is 0 Å². The van der Waals surface area contributed by atoms with Gasteiger partial charge in [0.25, 0.3) is 0 Å². The van der Waals surface area contributed by atoms with Crippen LogP contribution in [-0.4, -0.2) is 35.8 Å². The van der Waals surface area contributed by atoms with Gasteiger partial charge in [0.15, 0.2) is 0 Å². The molecule has 14 heteroatoms. The van der Waals surface area contributed by atoms with E-state index in [0.29, 0.717) is 0 Å². The van der Waals surface area contributed by atoms with Gasteiger partial charge < -0.3 is 59.4 Å². The van der Waals surface area contributed by atoms with Crippen LogP contribution in [0.1, 0.15) is 0 Å². The van der Waals surface area contributed by atoms with Crippen molar-refractivity contribution in [2.75, 3.05) is 0 Å². The van der Waals surface area contributed by atoms with E-state index in [-0.39, 0.29) is 43.4 Å². The fourth-order valence-corrected chi connectivity index (χ4v) is 0. The van der Waals surface area contributed by atoms with Crippen LogP contribution >= 0.6 is 0 Å². The van der Waals surface area contributed by atoms with Crippen LogP contribution in [0.4, 0.5) is 0 Å². The number of carbonyl (C=O) groups is 6. The van der Waals surface area contributed by atoms with Crippen molar-refractivity contribution in [2.45, 2.75) is 0 Å². The van der Waals surface area contributed by atoms with Gasteiger partial charge in [-0.1, -0.05) is 0 Å². The smallest absolute Gasteiger partial charge is 0.543 e. The first-order valence-corrected chi connectivity index (χ1v) is 4.83. The topological polar surface area (TPSA) is 241 Å². The molecule has 0 aliphatic heterocycles. The summed E-state index contributed by atoms with van der Waals surface area (Å²) in [6.45, 7) is 13.0. The minimum Gasteiger partial charge on any atom is -0.543 e. The number of carboxylic acid groups (broad SMARTS) is 6. The first-order valence-electron chi connectivity index (χ1n) is 4.83. The van der Waals surface area contributed by atoms with Crippen molar-refractivity contribution >= 4 is 35.8 Å². The molecule has 0 saturated carbocycles. The van der Waals surface area contributed by atoms with E-state index in [4.69, 9.17) is 59.4 Å². The Labute approximate surface area is 177 Å². The molecule has 0 radical (unpaired) electrons. The van der Waals surface area contributed by atoms with Crippen molar-refractivity contribution in [1.82, 2.24) is 0 Å². The van der Waals surface area contributed by atoms with Crippen molar-refractivity contribution in [3.8, 4) is 0 Å². The van der Waals surface area contributed by atoms with Crippen molar-refractivity contribution in [3.63, 3.8) is 0 Å². The van der Waals surface area contributed by atoms with Crippen LogP contribution in [0.25, 0.3) is 0 Å². The molecule has 12 nitrogen and oxygen atoms in total. The monoisotopic (exact) mass is 442 g/mol. The van der Waals surface area contributed by atoms with Crippen LogP contribution in [0.5, 0.6) is 0 Å². The SMILES string of the molecule is C=C[CH2-].C=C[CH2-].O=C([O-])C(=O)[O-].O=C([O-])C(=O)[O-].O=C([O-])C(=O)[O-].[Ti+4].[Ti+4]. The van der Waals surface area contributed by atoms with Gasteiger partial charge in [-0.25, -0.2) is 39.2 Å². The molecule has 138 valence electrons. The fraction of sp³-hybridized carbons (Fsp3) is 0. The van der Waals surface area contributed by atoms with Gasteiger partial charge in [-0.15, -0.1) is 0 Å². The second-order valence-corrected chi connectivity index (χ2v) is 2.30. The molecule has 0 heterocycles. The summed E-state index contributed by atoms with van der Waals surface area (Å²) >= 11 is 0. The van der Waals surface area contributed by atoms with Crippen molar-refractivity contribution in [1.29, 1.82) is 0 Å². The maximum atomic E-state index is 8.93. The average molecular weight is 442 g/mol. The van der Waals surface area contributed by atoms with Crippen LogP contribution < -0.4 is 30.6 Å². The van der Waals surface area contributed by atoms with Crippen molar-refractivity contribution < 1.29 is 103 Å². The predicted molar refractivity (Wildman–Crippen MR) is 61.2 cm³/mol. The third kappa shape index (κ3) is 100. The van der Waals surface area contributed by atoms with Gasteiger partial charge >= 0.3 is 43.4 Å². The second kappa shape index (κ2) is 33.9. The van der Waals surface area contributed by atoms with Gasteiger partial charge in [0.05, 0.1) is 35.8 Å². The molecule has 0 amide bonds. The quantitative estimate of drug-likeness (QED) is 0.193. The van der Waals surface area contributed by atoms with E-state index in [1.54, 1.807) is 0 Å². The van der Waals surface area contributed by atoms with E-state index < -0.39 is 35.8 Å². The molecular formula is C12H10O12Ti2. The zero-order valence-electron chi connectivity index (χ0n) is 12.9. The molecule has 0 unspecified atom stereocenters. The van der Waals surface area contributed by atoms with Crippen LogP contribution in [0.2, 0.25) is 0 Å². The number of carboxylic acids is 6. The Hall–Kier alpha value is -2.53. The molecule has 0 aromatic heterocycles. The van der Waals surface area contributed by atoms with E-state index in [0.717, 1.165) is 0 Å². The first kappa shape index (κ1) is 43.7. The largest absolute Gasteiger partial charge is 4.00 e. The van der Waals surface area contributed by atoms with Gasteiger partial charge in [0.1, 0.15) is 0 Å². The van der Waals surface area contributed by atoms with E-state index in [1.165, 1.54) is 12.2 Å². The number of allylic oxidation sites excluding steroid dienone is 2. The molecule has 26 heavy (non-hydrogen) atoms. The molecular weight excluding hydrogens is 432 g/mol. The molecule has 0 N–H and O–H groups in total. The Bertz CT molecular complexity index is 360. The number of rotatable bonds is 0. The van der Waals surface area contributed by atoms with Crippen molar-refractivity contribution in [3.05, 3.63) is 39.2 Å². The number of carbonyl (C=O) groups excluding carboxylic acids is 6. The van der Waals surface area contributed by atoms with Crippen LogP contribution in [0, 0.1) is 13.8 Å². The van der Waals surface area contributed by atoms with Crippen LogP contribution in [0.15, 0.2) is 25.3 Å². The average Bonchev–Trinajstić information content (AvgIpc) is 2.41.